The van der Waals surface area contributed by atoms with Gasteiger partial charge in [0.05, 0.1) is 17.9 Å². The first-order valence-corrected chi connectivity index (χ1v) is 6.67. The van der Waals surface area contributed by atoms with Crippen LogP contribution in [0.25, 0.3) is 0 Å². The zero-order chi connectivity index (χ0) is 16.1. The summed E-state index contributed by atoms with van der Waals surface area (Å²) in [5.74, 6) is -1.33. The second kappa shape index (κ2) is 6.82. The minimum absolute atomic E-state index is 0.161. The maximum Gasteiger partial charge on any atom is 0.255 e. The molecule has 0 saturated heterocycles. The van der Waals surface area contributed by atoms with Gasteiger partial charge in [-0.05, 0) is 42.8 Å². The van der Waals surface area contributed by atoms with Crippen molar-refractivity contribution < 1.29 is 14.0 Å². The van der Waals surface area contributed by atoms with Gasteiger partial charge in [-0.1, -0.05) is 12.1 Å². The molecule has 2 aromatic rings. The molecule has 0 bridgehead atoms. The molecular formula is C16H16FN3O2. The maximum absolute atomic E-state index is 13.2. The van der Waals surface area contributed by atoms with Gasteiger partial charge in [0.15, 0.2) is 0 Å². The van der Waals surface area contributed by atoms with Crippen LogP contribution in [-0.2, 0) is 4.79 Å². The summed E-state index contributed by atoms with van der Waals surface area (Å²) in [5, 5.41) is 5.27. The minimum Gasteiger partial charge on any atom is -0.323 e. The van der Waals surface area contributed by atoms with Gasteiger partial charge >= 0.3 is 0 Å². The molecule has 0 fully saturated rings. The van der Waals surface area contributed by atoms with Crippen molar-refractivity contribution in [1.29, 1.82) is 0 Å². The van der Waals surface area contributed by atoms with Gasteiger partial charge in [0.1, 0.15) is 5.82 Å². The summed E-state index contributed by atoms with van der Waals surface area (Å²) >= 11 is 0. The molecule has 2 amide bonds. The number of anilines is 2. The fourth-order valence-electron chi connectivity index (χ4n) is 1.90. The van der Waals surface area contributed by atoms with E-state index in [1.54, 1.807) is 18.2 Å². The lowest BCUT2D eigenvalue weighted by molar-refractivity contribution is -0.114. The van der Waals surface area contributed by atoms with E-state index in [0.717, 1.165) is 11.6 Å². The molecule has 114 valence electrons. The molecule has 22 heavy (non-hydrogen) atoms. The number of hydrogen-bond acceptors (Lipinski definition) is 3. The standard InChI is InChI=1S/C16H16FN3O2/c1-10-5-6-13(14(7-10)19-15(21)9-18)20-16(22)11-3-2-4-12(17)8-11/h2-8H,9,18H2,1H3,(H,19,21)(H,20,22). The van der Waals surface area contributed by atoms with Gasteiger partial charge in [0.25, 0.3) is 5.91 Å². The van der Waals surface area contributed by atoms with Crippen LogP contribution < -0.4 is 16.4 Å². The fraction of sp³-hybridized carbons (Fsp3) is 0.125. The Bertz CT molecular complexity index is 716. The number of carbonyl (C=O) groups is 2. The van der Waals surface area contributed by atoms with Gasteiger partial charge in [0.2, 0.25) is 5.91 Å². The van der Waals surface area contributed by atoms with Crippen molar-refractivity contribution in [1.82, 2.24) is 0 Å². The second-order valence-corrected chi connectivity index (χ2v) is 4.77. The summed E-state index contributed by atoms with van der Waals surface area (Å²) in [6.07, 6.45) is 0. The third kappa shape index (κ3) is 3.89. The first-order valence-electron chi connectivity index (χ1n) is 6.67. The van der Waals surface area contributed by atoms with E-state index in [1.165, 1.54) is 18.2 Å². The first-order chi connectivity index (χ1) is 10.5. The second-order valence-electron chi connectivity index (χ2n) is 4.77. The van der Waals surface area contributed by atoms with Gasteiger partial charge in [-0.2, -0.15) is 0 Å². The van der Waals surface area contributed by atoms with E-state index in [-0.39, 0.29) is 18.0 Å². The molecule has 4 N–H and O–H groups in total. The number of nitrogens with one attached hydrogen (secondary N) is 2. The molecule has 0 saturated carbocycles. The number of halogens is 1. The van der Waals surface area contributed by atoms with Crippen LogP contribution >= 0.6 is 0 Å². The van der Waals surface area contributed by atoms with Crippen molar-refractivity contribution in [3.8, 4) is 0 Å². The summed E-state index contributed by atoms with van der Waals surface area (Å²) in [5.41, 5.74) is 7.24. The molecular weight excluding hydrogens is 285 g/mol. The largest absolute Gasteiger partial charge is 0.323 e. The van der Waals surface area contributed by atoms with Crippen LogP contribution in [0, 0.1) is 12.7 Å². The van der Waals surface area contributed by atoms with Crippen molar-refractivity contribution in [3.05, 3.63) is 59.4 Å². The molecule has 2 rings (SSSR count). The third-order valence-corrected chi connectivity index (χ3v) is 2.97. The van der Waals surface area contributed by atoms with E-state index in [1.807, 2.05) is 6.92 Å². The number of carbonyl (C=O) groups excluding carboxylic acids is 2. The summed E-state index contributed by atoms with van der Waals surface area (Å²) in [7, 11) is 0. The maximum atomic E-state index is 13.2. The lowest BCUT2D eigenvalue weighted by Crippen LogP contribution is -2.23. The van der Waals surface area contributed by atoms with Gasteiger partial charge in [-0.15, -0.1) is 0 Å². The van der Waals surface area contributed by atoms with Crippen LogP contribution in [0.1, 0.15) is 15.9 Å². The molecule has 5 nitrogen and oxygen atoms in total. The zero-order valence-corrected chi connectivity index (χ0v) is 12.0. The number of hydrogen-bond donors (Lipinski definition) is 3. The third-order valence-electron chi connectivity index (χ3n) is 2.97. The van der Waals surface area contributed by atoms with Crippen molar-refractivity contribution in [2.24, 2.45) is 5.73 Å². The molecule has 0 heterocycles. The Labute approximate surface area is 127 Å². The SMILES string of the molecule is Cc1ccc(NC(=O)c2cccc(F)c2)c(NC(=O)CN)c1. The molecule has 0 aliphatic rings. The van der Waals surface area contributed by atoms with Gasteiger partial charge in [0, 0.05) is 5.56 Å². The first kappa shape index (κ1) is 15.7. The Balaban J connectivity index is 2.25. The normalized spacial score (nSPS) is 10.1. The number of rotatable bonds is 4. The van der Waals surface area contributed by atoms with Gasteiger partial charge in [-0.25, -0.2) is 4.39 Å². The van der Waals surface area contributed by atoms with Crippen molar-refractivity contribution in [3.63, 3.8) is 0 Å². The highest BCUT2D eigenvalue weighted by Crippen LogP contribution is 2.23. The molecule has 0 radical (unpaired) electrons. The van der Waals surface area contributed by atoms with Gasteiger partial charge in [-0.3, -0.25) is 9.59 Å². The Hall–Kier alpha value is -2.73. The molecule has 0 spiro atoms. The molecule has 0 unspecified atom stereocenters. The van der Waals surface area contributed by atoms with E-state index in [9.17, 15) is 14.0 Å². The smallest absolute Gasteiger partial charge is 0.255 e. The van der Waals surface area contributed by atoms with E-state index in [0.29, 0.717) is 11.4 Å². The molecule has 0 atom stereocenters. The number of amides is 2. The minimum atomic E-state index is -0.492. The van der Waals surface area contributed by atoms with Crippen LogP contribution in [0.5, 0.6) is 0 Å². The monoisotopic (exact) mass is 301 g/mol. The average Bonchev–Trinajstić information content (AvgIpc) is 2.49. The molecule has 2 aromatic carbocycles. The lowest BCUT2D eigenvalue weighted by Gasteiger charge is -2.13. The van der Waals surface area contributed by atoms with E-state index in [2.05, 4.69) is 10.6 Å². The van der Waals surface area contributed by atoms with Crippen molar-refractivity contribution >= 4 is 23.2 Å². The summed E-state index contributed by atoms with van der Waals surface area (Å²) in [6, 6.07) is 10.5. The molecule has 0 aromatic heterocycles. The number of aryl methyl sites for hydroxylation is 1. The highest BCUT2D eigenvalue weighted by Gasteiger charge is 2.11. The Kier molecular flexibility index (Phi) is 4.85. The molecule has 0 aliphatic heterocycles. The molecule has 0 aliphatic carbocycles. The summed E-state index contributed by atoms with van der Waals surface area (Å²) < 4.78 is 13.2. The van der Waals surface area contributed by atoms with E-state index < -0.39 is 11.7 Å². The predicted molar refractivity (Wildman–Crippen MR) is 83.2 cm³/mol. The Morgan fingerprint density at radius 3 is 2.55 bits per heavy atom. The fourth-order valence-corrected chi connectivity index (χ4v) is 1.90. The highest BCUT2D eigenvalue weighted by molar-refractivity contribution is 6.07. The molecule has 6 heteroatoms. The van der Waals surface area contributed by atoms with Crippen LogP contribution in [0.3, 0.4) is 0 Å². The highest BCUT2D eigenvalue weighted by atomic mass is 19.1. The van der Waals surface area contributed by atoms with E-state index >= 15 is 0 Å². The van der Waals surface area contributed by atoms with Crippen LogP contribution in [0.2, 0.25) is 0 Å². The number of nitrogens with two attached hydrogens (primary N) is 1. The number of benzene rings is 2. The van der Waals surface area contributed by atoms with Crippen LogP contribution in [0.4, 0.5) is 15.8 Å². The zero-order valence-electron chi connectivity index (χ0n) is 12.0. The predicted octanol–water partition coefficient (Wildman–Crippen LogP) is 2.28. The van der Waals surface area contributed by atoms with E-state index in [4.69, 9.17) is 5.73 Å². The quantitative estimate of drug-likeness (QED) is 0.810. The lowest BCUT2D eigenvalue weighted by atomic mass is 10.1. The van der Waals surface area contributed by atoms with Crippen LogP contribution in [-0.4, -0.2) is 18.4 Å². The topological polar surface area (TPSA) is 84.2 Å². The van der Waals surface area contributed by atoms with Gasteiger partial charge < -0.3 is 16.4 Å². The summed E-state index contributed by atoms with van der Waals surface area (Å²) in [6.45, 7) is 1.70. The van der Waals surface area contributed by atoms with Crippen molar-refractivity contribution in [2.75, 3.05) is 17.2 Å². The average molecular weight is 301 g/mol. The Morgan fingerprint density at radius 2 is 1.86 bits per heavy atom. The summed E-state index contributed by atoms with van der Waals surface area (Å²) in [4.78, 5) is 23.6. The van der Waals surface area contributed by atoms with Crippen molar-refractivity contribution in [2.45, 2.75) is 6.92 Å². The Morgan fingerprint density at radius 1 is 1.09 bits per heavy atom. The van der Waals surface area contributed by atoms with Crippen LogP contribution in [0.15, 0.2) is 42.5 Å².